The van der Waals surface area contributed by atoms with Crippen LogP contribution in [0.3, 0.4) is 0 Å². The Kier molecular flexibility index (Phi) is 3.53. The lowest BCUT2D eigenvalue weighted by Crippen LogP contribution is -2.53. The molecule has 0 amide bonds. The molecular formula is C20H22N6. The summed E-state index contributed by atoms with van der Waals surface area (Å²) in [5.74, 6) is 0. The number of benzene rings is 1. The lowest BCUT2D eigenvalue weighted by atomic mass is 10.0. The Labute approximate surface area is 152 Å². The zero-order valence-electron chi connectivity index (χ0n) is 14.7. The minimum Gasteiger partial charge on any atom is -0.396 e. The third-order valence-corrected chi connectivity index (χ3v) is 5.61. The minimum absolute atomic E-state index is 0.267. The van der Waals surface area contributed by atoms with E-state index in [-0.39, 0.29) is 5.54 Å². The molecule has 0 bridgehead atoms. The predicted octanol–water partition coefficient (Wildman–Crippen LogP) is 2.14. The van der Waals surface area contributed by atoms with E-state index in [0.717, 1.165) is 53.3 Å². The Morgan fingerprint density at radius 1 is 1.04 bits per heavy atom. The molecule has 1 aromatic carbocycles. The van der Waals surface area contributed by atoms with Crippen molar-refractivity contribution in [2.45, 2.75) is 24.8 Å². The Morgan fingerprint density at radius 3 is 2.73 bits per heavy atom. The summed E-state index contributed by atoms with van der Waals surface area (Å²) in [5.41, 5.74) is 12.7. The first-order valence-electron chi connectivity index (χ1n) is 9.17. The molecule has 0 radical (unpaired) electrons. The third kappa shape index (κ3) is 2.57. The van der Waals surface area contributed by atoms with Gasteiger partial charge in [-0.3, -0.25) is 15.0 Å². The number of aromatic nitrogens is 3. The average molecular weight is 346 g/mol. The number of nitrogens with two attached hydrogens (primary N) is 1. The highest BCUT2D eigenvalue weighted by molar-refractivity contribution is 5.75. The topological polar surface area (TPSA) is 80.0 Å². The number of nitrogens with one attached hydrogen (secondary N) is 1. The molecular weight excluding hydrogens is 324 g/mol. The fourth-order valence-electron chi connectivity index (χ4n) is 4.00. The van der Waals surface area contributed by atoms with Crippen LogP contribution >= 0.6 is 0 Å². The number of pyridine rings is 1. The zero-order chi connectivity index (χ0) is 17.6. The van der Waals surface area contributed by atoms with Gasteiger partial charge in [-0.2, -0.15) is 0 Å². The summed E-state index contributed by atoms with van der Waals surface area (Å²) in [6, 6.07) is 8.23. The van der Waals surface area contributed by atoms with E-state index in [2.05, 4.69) is 43.4 Å². The van der Waals surface area contributed by atoms with Gasteiger partial charge in [-0.25, -0.2) is 0 Å². The molecule has 1 saturated carbocycles. The summed E-state index contributed by atoms with van der Waals surface area (Å²) in [6.07, 6.45) is 8.50. The number of piperazine rings is 1. The van der Waals surface area contributed by atoms with Gasteiger partial charge < -0.3 is 16.0 Å². The van der Waals surface area contributed by atoms with E-state index in [4.69, 9.17) is 5.73 Å². The van der Waals surface area contributed by atoms with Crippen LogP contribution in [-0.4, -0.2) is 40.1 Å². The number of hydrogen-bond donors (Lipinski definition) is 2. The van der Waals surface area contributed by atoms with Gasteiger partial charge in [0, 0.05) is 44.6 Å². The van der Waals surface area contributed by atoms with E-state index < -0.39 is 0 Å². The second kappa shape index (κ2) is 5.92. The molecule has 2 fully saturated rings. The molecule has 2 aliphatic rings. The van der Waals surface area contributed by atoms with Crippen LogP contribution in [0, 0.1) is 0 Å². The lowest BCUT2D eigenvalue weighted by molar-refractivity contribution is 0.464. The second-order valence-electron chi connectivity index (χ2n) is 7.30. The Bertz CT molecular complexity index is 965. The molecule has 132 valence electrons. The van der Waals surface area contributed by atoms with Gasteiger partial charge in [-0.05, 0) is 36.6 Å². The summed E-state index contributed by atoms with van der Waals surface area (Å²) in [6.45, 7) is 3.05. The van der Waals surface area contributed by atoms with Crippen molar-refractivity contribution < 1.29 is 0 Å². The van der Waals surface area contributed by atoms with Crippen molar-refractivity contribution in [3.05, 3.63) is 54.1 Å². The van der Waals surface area contributed by atoms with Crippen molar-refractivity contribution in [3.63, 3.8) is 0 Å². The van der Waals surface area contributed by atoms with Crippen LogP contribution in [0.25, 0.3) is 11.0 Å². The number of nitrogens with zero attached hydrogens (tertiary/aromatic N) is 4. The molecule has 3 heterocycles. The molecule has 1 aliphatic heterocycles. The minimum atomic E-state index is 0.267. The molecule has 1 spiro atoms. The Balaban J connectivity index is 1.47. The normalized spacial score (nSPS) is 18.4. The molecule has 26 heavy (non-hydrogen) atoms. The Hall–Kier alpha value is -2.73. The summed E-state index contributed by atoms with van der Waals surface area (Å²) in [4.78, 5) is 15.8. The van der Waals surface area contributed by atoms with Gasteiger partial charge in [-0.15, -0.1) is 0 Å². The molecule has 6 nitrogen and oxygen atoms in total. The van der Waals surface area contributed by atoms with Gasteiger partial charge >= 0.3 is 0 Å². The first-order chi connectivity index (χ1) is 12.8. The SMILES string of the molecule is Nc1c(N2CCNCC23CC3)ccnc1Cc1ccc2nccnc2c1. The van der Waals surface area contributed by atoms with E-state index in [1.165, 1.54) is 12.8 Å². The van der Waals surface area contributed by atoms with Crippen LogP contribution in [0.2, 0.25) is 0 Å². The summed E-state index contributed by atoms with van der Waals surface area (Å²) in [5, 5.41) is 3.52. The van der Waals surface area contributed by atoms with Crippen molar-refractivity contribution in [2.24, 2.45) is 0 Å². The molecule has 0 atom stereocenters. The first kappa shape index (κ1) is 15.5. The second-order valence-corrected chi connectivity index (χ2v) is 7.30. The van der Waals surface area contributed by atoms with Crippen molar-refractivity contribution in [1.82, 2.24) is 20.3 Å². The maximum Gasteiger partial charge on any atom is 0.0889 e. The quantitative estimate of drug-likeness (QED) is 0.756. The fourth-order valence-corrected chi connectivity index (χ4v) is 4.00. The van der Waals surface area contributed by atoms with Gasteiger partial charge in [-0.1, -0.05) is 6.07 Å². The molecule has 3 aromatic rings. The lowest BCUT2D eigenvalue weighted by Gasteiger charge is -2.39. The maximum atomic E-state index is 6.57. The Morgan fingerprint density at radius 2 is 1.88 bits per heavy atom. The molecule has 1 saturated heterocycles. The number of hydrogen-bond acceptors (Lipinski definition) is 6. The van der Waals surface area contributed by atoms with Crippen LogP contribution in [0.5, 0.6) is 0 Å². The van der Waals surface area contributed by atoms with Crippen LogP contribution in [-0.2, 0) is 6.42 Å². The van der Waals surface area contributed by atoms with E-state index in [1.807, 2.05) is 12.3 Å². The number of anilines is 2. The molecule has 6 heteroatoms. The first-order valence-corrected chi connectivity index (χ1v) is 9.17. The van der Waals surface area contributed by atoms with E-state index in [1.54, 1.807) is 12.4 Å². The van der Waals surface area contributed by atoms with Gasteiger partial charge in [0.25, 0.3) is 0 Å². The molecule has 1 aliphatic carbocycles. The predicted molar refractivity (Wildman–Crippen MR) is 103 cm³/mol. The van der Waals surface area contributed by atoms with Crippen molar-refractivity contribution >= 4 is 22.4 Å². The average Bonchev–Trinajstić information content (AvgIpc) is 3.44. The van der Waals surface area contributed by atoms with Crippen molar-refractivity contribution in [1.29, 1.82) is 0 Å². The number of nitrogen functional groups attached to an aromatic ring is 1. The van der Waals surface area contributed by atoms with Crippen LogP contribution < -0.4 is 16.0 Å². The van der Waals surface area contributed by atoms with Crippen molar-refractivity contribution in [2.75, 3.05) is 30.3 Å². The molecule has 0 unspecified atom stereocenters. The van der Waals surface area contributed by atoms with Gasteiger partial charge in [0.1, 0.15) is 0 Å². The highest BCUT2D eigenvalue weighted by Crippen LogP contribution is 2.46. The highest BCUT2D eigenvalue weighted by atomic mass is 15.3. The van der Waals surface area contributed by atoms with E-state index >= 15 is 0 Å². The van der Waals surface area contributed by atoms with E-state index in [0.29, 0.717) is 6.42 Å². The fraction of sp³-hybridized carbons (Fsp3) is 0.350. The summed E-state index contributed by atoms with van der Waals surface area (Å²) >= 11 is 0. The van der Waals surface area contributed by atoms with Crippen LogP contribution in [0.15, 0.2) is 42.9 Å². The zero-order valence-corrected chi connectivity index (χ0v) is 14.7. The van der Waals surface area contributed by atoms with E-state index in [9.17, 15) is 0 Å². The maximum absolute atomic E-state index is 6.57. The largest absolute Gasteiger partial charge is 0.396 e. The van der Waals surface area contributed by atoms with Crippen LogP contribution in [0.4, 0.5) is 11.4 Å². The molecule has 3 N–H and O–H groups in total. The summed E-state index contributed by atoms with van der Waals surface area (Å²) < 4.78 is 0. The standard InChI is InChI=1S/C20H22N6/c21-19-17(12-14-1-2-15-16(11-14)25-8-7-24-15)23-6-3-18(19)26-10-9-22-13-20(26)4-5-20/h1-3,6-8,11,22H,4-5,9-10,12-13,21H2. The van der Waals surface area contributed by atoms with Gasteiger partial charge in [0.2, 0.25) is 0 Å². The number of fused-ring (bicyclic) bond motifs is 1. The summed E-state index contributed by atoms with van der Waals surface area (Å²) in [7, 11) is 0. The smallest absolute Gasteiger partial charge is 0.0889 e. The van der Waals surface area contributed by atoms with Crippen molar-refractivity contribution in [3.8, 4) is 0 Å². The molecule has 2 aromatic heterocycles. The monoisotopic (exact) mass is 346 g/mol. The van der Waals surface area contributed by atoms with Gasteiger partial charge in [0.15, 0.2) is 0 Å². The van der Waals surface area contributed by atoms with Crippen LogP contribution in [0.1, 0.15) is 24.1 Å². The molecule has 5 rings (SSSR count). The number of rotatable bonds is 3. The van der Waals surface area contributed by atoms with Gasteiger partial charge in [0.05, 0.1) is 33.6 Å². The highest BCUT2D eigenvalue weighted by Gasteiger charge is 2.49. The third-order valence-electron chi connectivity index (χ3n) is 5.61.